The maximum absolute atomic E-state index is 11.8. The lowest BCUT2D eigenvalue weighted by Crippen LogP contribution is -2.50. The fourth-order valence-corrected chi connectivity index (χ4v) is 2.21. The molecule has 0 aromatic heterocycles. The van der Waals surface area contributed by atoms with Crippen LogP contribution in [0.5, 0.6) is 0 Å². The third kappa shape index (κ3) is 3.08. The number of nitrogens with one attached hydrogen (secondary N) is 1. The van der Waals surface area contributed by atoms with Gasteiger partial charge in [-0.15, -0.1) is 0 Å². The predicted octanol–water partition coefficient (Wildman–Crippen LogP) is 0.181. The summed E-state index contributed by atoms with van der Waals surface area (Å²) in [4.78, 5) is 13.6. The summed E-state index contributed by atoms with van der Waals surface area (Å²) in [6, 6.07) is -0.0325. The first-order valence-electron chi connectivity index (χ1n) is 6.05. The number of amides is 2. The van der Waals surface area contributed by atoms with Crippen molar-refractivity contribution in [2.75, 3.05) is 46.6 Å². The first-order valence-corrected chi connectivity index (χ1v) is 6.05. The highest BCUT2D eigenvalue weighted by Crippen LogP contribution is 2.31. The molecule has 2 fully saturated rings. The van der Waals surface area contributed by atoms with Gasteiger partial charge in [0.25, 0.3) is 0 Å². The molecule has 98 valence electrons. The second kappa shape index (κ2) is 5.66. The van der Waals surface area contributed by atoms with Crippen LogP contribution in [0, 0.1) is 0 Å². The van der Waals surface area contributed by atoms with E-state index < -0.39 is 5.79 Å². The molecule has 0 aromatic rings. The van der Waals surface area contributed by atoms with Crippen LogP contribution >= 0.6 is 0 Å². The molecule has 2 aliphatic heterocycles. The second-order valence-corrected chi connectivity index (χ2v) is 4.32. The molecule has 0 aromatic carbocycles. The standard InChI is InChI=1S/C11H20N2O4/c1-15-7-4-12-10(14)13-5-2-11(3-6-13)16-8-9-17-11/h2-9H2,1H3,(H,12,14). The molecule has 0 bridgehead atoms. The van der Waals surface area contributed by atoms with Gasteiger partial charge in [0.1, 0.15) is 0 Å². The average Bonchev–Trinajstić information content (AvgIpc) is 2.79. The maximum atomic E-state index is 11.8. The molecule has 0 atom stereocenters. The molecule has 2 saturated heterocycles. The number of piperidine rings is 1. The largest absolute Gasteiger partial charge is 0.383 e. The Morgan fingerprint density at radius 1 is 1.35 bits per heavy atom. The minimum Gasteiger partial charge on any atom is -0.383 e. The van der Waals surface area contributed by atoms with E-state index in [9.17, 15) is 4.79 Å². The van der Waals surface area contributed by atoms with Crippen LogP contribution in [0.25, 0.3) is 0 Å². The van der Waals surface area contributed by atoms with Gasteiger partial charge in [-0.05, 0) is 0 Å². The lowest BCUT2D eigenvalue weighted by Gasteiger charge is -2.37. The Morgan fingerprint density at radius 2 is 2.00 bits per heavy atom. The number of hydrogen-bond donors (Lipinski definition) is 1. The third-order valence-electron chi connectivity index (χ3n) is 3.21. The van der Waals surface area contributed by atoms with Crippen LogP contribution in [0.1, 0.15) is 12.8 Å². The lowest BCUT2D eigenvalue weighted by molar-refractivity contribution is -0.181. The summed E-state index contributed by atoms with van der Waals surface area (Å²) in [5.74, 6) is -0.413. The number of carbonyl (C=O) groups is 1. The molecule has 2 heterocycles. The molecule has 0 radical (unpaired) electrons. The van der Waals surface area contributed by atoms with Gasteiger partial charge >= 0.3 is 6.03 Å². The zero-order chi connectivity index (χ0) is 12.1. The van der Waals surface area contributed by atoms with E-state index in [1.807, 2.05) is 0 Å². The molecule has 2 aliphatic rings. The molecule has 1 N–H and O–H groups in total. The summed E-state index contributed by atoms with van der Waals surface area (Å²) in [6.07, 6.45) is 1.51. The maximum Gasteiger partial charge on any atom is 0.317 e. The van der Waals surface area contributed by atoms with Crippen LogP contribution in [0.15, 0.2) is 0 Å². The fraction of sp³-hybridized carbons (Fsp3) is 0.909. The Balaban J connectivity index is 1.72. The Labute approximate surface area is 101 Å². The summed E-state index contributed by atoms with van der Waals surface area (Å²) in [5, 5.41) is 2.81. The minimum absolute atomic E-state index is 0.0325. The zero-order valence-corrected chi connectivity index (χ0v) is 10.2. The Kier molecular flexibility index (Phi) is 4.20. The van der Waals surface area contributed by atoms with Gasteiger partial charge in [0.15, 0.2) is 5.79 Å². The molecule has 0 unspecified atom stereocenters. The topological polar surface area (TPSA) is 60.0 Å². The molecule has 1 spiro atoms. The Hall–Kier alpha value is -0.850. The van der Waals surface area contributed by atoms with Crippen LogP contribution in [-0.2, 0) is 14.2 Å². The van der Waals surface area contributed by atoms with Crippen LogP contribution in [0.2, 0.25) is 0 Å². The van der Waals surface area contributed by atoms with E-state index in [0.717, 1.165) is 12.8 Å². The van der Waals surface area contributed by atoms with Crippen LogP contribution in [0.3, 0.4) is 0 Å². The first-order chi connectivity index (χ1) is 8.26. The summed E-state index contributed by atoms with van der Waals surface area (Å²) in [5.41, 5.74) is 0. The summed E-state index contributed by atoms with van der Waals surface area (Å²) in [7, 11) is 1.62. The molecule has 6 heteroatoms. The van der Waals surface area contributed by atoms with Crippen molar-refractivity contribution in [3.8, 4) is 0 Å². The number of rotatable bonds is 3. The number of urea groups is 1. The van der Waals surface area contributed by atoms with Gasteiger partial charge in [0.2, 0.25) is 0 Å². The van der Waals surface area contributed by atoms with Gasteiger partial charge in [-0.2, -0.15) is 0 Å². The van der Waals surface area contributed by atoms with E-state index in [-0.39, 0.29) is 6.03 Å². The van der Waals surface area contributed by atoms with Gasteiger partial charge in [-0.25, -0.2) is 4.79 Å². The quantitative estimate of drug-likeness (QED) is 0.720. The van der Waals surface area contributed by atoms with Crippen molar-refractivity contribution in [1.82, 2.24) is 10.2 Å². The van der Waals surface area contributed by atoms with Crippen molar-refractivity contribution >= 4 is 6.03 Å². The van der Waals surface area contributed by atoms with Crippen LogP contribution in [-0.4, -0.2) is 63.3 Å². The Bertz CT molecular complexity index is 256. The van der Waals surface area contributed by atoms with Crippen molar-refractivity contribution < 1.29 is 19.0 Å². The van der Waals surface area contributed by atoms with E-state index in [1.165, 1.54) is 0 Å². The van der Waals surface area contributed by atoms with Gasteiger partial charge in [-0.1, -0.05) is 0 Å². The highest BCUT2D eigenvalue weighted by atomic mass is 16.7. The minimum atomic E-state index is -0.413. The number of nitrogens with zero attached hydrogens (tertiary/aromatic N) is 1. The van der Waals surface area contributed by atoms with Crippen LogP contribution < -0.4 is 5.32 Å². The average molecular weight is 244 g/mol. The molecule has 6 nitrogen and oxygen atoms in total. The van der Waals surface area contributed by atoms with Crippen molar-refractivity contribution in [2.24, 2.45) is 0 Å². The monoisotopic (exact) mass is 244 g/mol. The Morgan fingerprint density at radius 3 is 2.59 bits per heavy atom. The van der Waals surface area contributed by atoms with Gasteiger partial charge in [0.05, 0.1) is 19.8 Å². The third-order valence-corrected chi connectivity index (χ3v) is 3.21. The van der Waals surface area contributed by atoms with E-state index in [2.05, 4.69) is 5.32 Å². The number of methoxy groups -OCH3 is 1. The second-order valence-electron chi connectivity index (χ2n) is 4.32. The zero-order valence-electron chi connectivity index (χ0n) is 10.2. The van der Waals surface area contributed by atoms with Crippen molar-refractivity contribution in [3.05, 3.63) is 0 Å². The molecule has 2 amide bonds. The molecule has 0 aliphatic carbocycles. The molecule has 0 saturated carbocycles. The summed E-state index contributed by atoms with van der Waals surface area (Å²) < 4.78 is 16.1. The van der Waals surface area contributed by atoms with E-state index in [1.54, 1.807) is 12.0 Å². The summed E-state index contributed by atoms with van der Waals surface area (Å²) >= 11 is 0. The van der Waals surface area contributed by atoms with Crippen LogP contribution in [0.4, 0.5) is 4.79 Å². The van der Waals surface area contributed by atoms with Crippen molar-refractivity contribution in [3.63, 3.8) is 0 Å². The van der Waals surface area contributed by atoms with E-state index in [0.29, 0.717) is 39.5 Å². The molecule has 2 rings (SSSR count). The predicted molar refractivity (Wildman–Crippen MR) is 60.7 cm³/mol. The molecular formula is C11H20N2O4. The number of hydrogen-bond acceptors (Lipinski definition) is 4. The van der Waals surface area contributed by atoms with Gasteiger partial charge < -0.3 is 24.4 Å². The lowest BCUT2D eigenvalue weighted by atomic mass is 10.0. The fourth-order valence-electron chi connectivity index (χ4n) is 2.21. The summed E-state index contributed by atoms with van der Waals surface area (Å²) in [6.45, 7) is 3.78. The van der Waals surface area contributed by atoms with Crippen molar-refractivity contribution in [2.45, 2.75) is 18.6 Å². The highest BCUT2D eigenvalue weighted by molar-refractivity contribution is 5.74. The highest BCUT2D eigenvalue weighted by Gasteiger charge is 2.40. The van der Waals surface area contributed by atoms with Gasteiger partial charge in [0, 0.05) is 39.6 Å². The first kappa shape index (κ1) is 12.6. The van der Waals surface area contributed by atoms with Gasteiger partial charge in [-0.3, -0.25) is 0 Å². The number of ether oxygens (including phenoxy) is 3. The van der Waals surface area contributed by atoms with E-state index in [4.69, 9.17) is 14.2 Å². The molecular weight excluding hydrogens is 224 g/mol. The normalized spacial score (nSPS) is 23.0. The van der Waals surface area contributed by atoms with E-state index >= 15 is 0 Å². The number of carbonyl (C=O) groups excluding carboxylic acids is 1. The number of likely N-dealkylation sites (tertiary alicyclic amines) is 1. The smallest absolute Gasteiger partial charge is 0.317 e. The van der Waals surface area contributed by atoms with Crippen molar-refractivity contribution in [1.29, 1.82) is 0 Å². The molecule has 17 heavy (non-hydrogen) atoms. The SMILES string of the molecule is COCCNC(=O)N1CCC2(CC1)OCCO2.